The standard InChI is InChI=1S/C19H20ClF2N3O5/c1-11(18(26)23-15-6-5-13(25(27)28)9-14(15)20)24(2)10-12-4-7-16(30-19(21)22)17(8-12)29-3/h4-9,11,19H,10H2,1-3H3,(H,23,26)/t11-/m1/s1. The number of non-ortho nitro benzene ring substituents is 1. The molecule has 0 unspecified atom stereocenters. The third-order valence-corrected chi connectivity index (χ3v) is 4.65. The Balaban J connectivity index is 2.05. The fourth-order valence-electron chi connectivity index (χ4n) is 2.58. The normalized spacial score (nSPS) is 12.0. The second-order valence-corrected chi connectivity index (χ2v) is 6.77. The molecule has 0 radical (unpaired) electrons. The quantitative estimate of drug-likeness (QED) is 0.458. The topological polar surface area (TPSA) is 93.9 Å². The van der Waals surface area contributed by atoms with Crippen LogP contribution in [0.1, 0.15) is 12.5 Å². The molecule has 0 saturated carbocycles. The average Bonchev–Trinajstić information content (AvgIpc) is 2.69. The first-order valence-corrected chi connectivity index (χ1v) is 9.07. The van der Waals surface area contributed by atoms with E-state index in [0.29, 0.717) is 12.1 Å². The van der Waals surface area contributed by atoms with E-state index in [-0.39, 0.29) is 33.8 Å². The predicted octanol–water partition coefficient (Wildman–Crippen LogP) is 4.32. The fourth-order valence-corrected chi connectivity index (χ4v) is 2.81. The molecular weight excluding hydrogens is 424 g/mol. The Morgan fingerprint density at radius 2 is 1.97 bits per heavy atom. The summed E-state index contributed by atoms with van der Waals surface area (Å²) in [6.45, 7) is -0.990. The van der Waals surface area contributed by atoms with Gasteiger partial charge in [0.15, 0.2) is 11.5 Å². The van der Waals surface area contributed by atoms with Crippen LogP contribution in [0.3, 0.4) is 0 Å². The van der Waals surface area contributed by atoms with Gasteiger partial charge < -0.3 is 14.8 Å². The minimum Gasteiger partial charge on any atom is -0.493 e. The Morgan fingerprint density at radius 3 is 2.53 bits per heavy atom. The van der Waals surface area contributed by atoms with Gasteiger partial charge in [-0.2, -0.15) is 8.78 Å². The van der Waals surface area contributed by atoms with Crippen molar-refractivity contribution in [3.63, 3.8) is 0 Å². The number of rotatable bonds is 9. The van der Waals surface area contributed by atoms with Gasteiger partial charge in [-0.15, -0.1) is 0 Å². The number of carbonyl (C=O) groups is 1. The molecular formula is C19H20ClF2N3O5. The van der Waals surface area contributed by atoms with E-state index in [4.69, 9.17) is 16.3 Å². The van der Waals surface area contributed by atoms with E-state index in [1.807, 2.05) is 0 Å². The lowest BCUT2D eigenvalue weighted by atomic mass is 10.1. The molecule has 162 valence electrons. The van der Waals surface area contributed by atoms with Crippen molar-refractivity contribution in [2.24, 2.45) is 0 Å². The number of likely N-dealkylation sites (N-methyl/N-ethyl adjacent to an activating group) is 1. The molecule has 0 aliphatic carbocycles. The molecule has 1 N–H and O–H groups in total. The van der Waals surface area contributed by atoms with Crippen molar-refractivity contribution in [3.8, 4) is 11.5 Å². The van der Waals surface area contributed by atoms with Gasteiger partial charge in [0, 0.05) is 18.7 Å². The van der Waals surface area contributed by atoms with Crippen molar-refractivity contribution >= 4 is 28.9 Å². The molecule has 0 bridgehead atoms. The monoisotopic (exact) mass is 443 g/mol. The highest BCUT2D eigenvalue weighted by Gasteiger charge is 2.21. The molecule has 11 heteroatoms. The summed E-state index contributed by atoms with van der Waals surface area (Å²) >= 11 is 6.00. The molecule has 0 aliphatic heterocycles. The van der Waals surface area contributed by atoms with Crippen LogP contribution in [0.2, 0.25) is 5.02 Å². The molecule has 0 fully saturated rings. The van der Waals surface area contributed by atoms with Crippen molar-refractivity contribution in [2.75, 3.05) is 19.5 Å². The van der Waals surface area contributed by atoms with Gasteiger partial charge in [-0.25, -0.2) is 0 Å². The maximum absolute atomic E-state index is 12.5. The number of halogens is 3. The number of ether oxygens (including phenoxy) is 2. The van der Waals surface area contributed by atoms with E-state index in [0.717, 1.165) is 6.07 Å². The summed E-state index contributed by atoms with van der Waals surface area (Å²) < 4.78 is 34.3. The van der Waals surface area contributed by atoms with E-state index in [1.54, 1.807) is 31.0 Å². The van der Waals surface area contributed by atoms with Crippen LogP contribution in [-0.4, -0.2) is 42.5 Å². The van der Waals surface area contributed by atoms with E-state index in [9.17, 15) is 23.7 Å². The van der Waals surface area contributed by atoms with E-state index in [2.05, 4.69) is 10.1 Å². The van der Waals surface area contributed by atoms with E-state index in [1.165, 1.54) is 25.3 Å². The third kappa shape index (κ3) is 6.01. The molecule has 8 nitrogen and oxygen atoms in total. The fraction of sp³-hybridized carbons (Fsp3) is 0.316. The summed E-state index contributed by atoms with van der Waals surface area (Å²) in [5.41, 5.74) is 0.781. The van der Waals surface area contributed by atoms with Crippen molar-refractivity contribution in [1.29, 1.82) is 0 Å². The number of alkyl halides is 2. The molecule has 1 amide bonds. The van der Waals surface area contributed by atoms with Gasteiger partial charge in [0.2, 0.25) is 5.91 Å². The predicted molar refractivity (Wildman–Crippen MR) is 107 cm³/mol. The molecule has 0 heterocycles. The molecule has 2 aromatic rings. The number of methoxy groups -OCH3 is 1. The molecule has 0 aliphatic rings. The number of benzene rings is 2. The number of nitrogens with zero attached hydrogens (tertiary/aromatic N) is 2. The zero-order valence-corrected chi connectivity index (χ0v) is 17.2. The first-order valence-electron chi connectivity index (χ1n) is 8.69. The highest BCUT2D eigenvalue weighted by atomic mass is 35.5. The van der Waals surface area contributed by atoms with Crippen LogP contribution in [0.4, 0.5) is 20.2 Å². The second-order valence-electron chi connectivity index (χ2n) is 6.37. The van der Waals surface area contributed by atoms with Crippen LogP contribution in [0.25, 0.3) is 0 Å². The number of amides is 1. The van der Waals surface area contributed by atoms with Crippen LogP contribution >= 0.6 is 11.6 Å². The highest BCUT2D eigenvalue weighted by Crippen LogP contribution is 2.30. The van der Waals surface area contributed by atoms with Gasteiger partial charge in [0.05, 0.1) is 28.8 Å². The molecule has 2 aromatic carbocycles. The van der Waals surface area contributed by atoms with Crippen LogP contribution in [0, 0.1) is 10.1 Å². The second kappa shape index (κ2) is 10.2. The van der Waals surface area contributed by atoms with E-state index >= 15 is 0 Å². The lowest BCUT2D eigenvalue weighted by Crippen LogP contribution is -2.39. The number of nitro groups is 1. The zero-order valence-electron chi connectivity index (χ0n) is 16.4. The highest BCUT2D eigenvalue weighted by molar-refractivity contribution is 6.34. The minimum atomic E-state index is -2.97. The maximum Gasteiger partial charge on any atom is 0.387 e. The Morgan fingerprint density at radius 1 is 1.27 bits per heavy atom. The zero-order chi connectivity index (χ0) is 22.4. The number of carbonyl (C=O) groups excluding carboxylic acids is 1. The van der Waals surface area contributed by atoms with Crippen molar-refractivity contribution < 1.29 is 28.0 Å². The lowest BCUT2D eigenvalue weighted by Gasteiger charge is -2.24. The van der Waals surface area contributed by atoms with Crippen LogP contribution in [0.15, 0.2) is 36.4 Å². The van der Waals surface area contributed by atoms with Gasteiger partial charge >= 0.3 is 6.61 Å². The molecule has 30 heavy (non-hydrogen) atoms. The van der Waals surface area contributed by atoms with Gasteiger partial charge in [-0.05, 0) is 37.7 Å². The Hall–Kier alpha value is -2.98. The number of nitrogens with one attached hydrogen (secondary N) is 1. The minimum absolute atomic E-state index is 0.0479. The van der Waals surface area contributed by atoms with Crippen molar-refractivity contribution in [3.05, 3.63) is 57.1 Å². The summed E-state index contributed by atoms with van der Waals surface area (Å²) in [4.78, 5) is 24.5. The molecule has 1 atom stereocenters. The lowest BCUT2D eigenvalue weighted by molar-refractivity contribution is -0.384. The van der Waals surface area contributed by atoms with Crippen molar-refractivity contribution in [1.82, 2.24) is 4.90 Å². The van der Waals surface area contributed by atoms with E-state index < -0.39 is 17.6 Å². The van der Waals surface area contributed by atoms with Gasteiger partial charge in [0.25, 0.3) is 5.69 Å². The molecule has 0 saturated heterocycles. The number of hydrogen-bond donors (Lipinski definition) is 1. The first-order chi connectivity index (χ1) is 14.1. The average molecular weight is 444 g/mol. The molecule has 0 spiro atoms. The van der Waals surface area contributed by atoms with Gasteiger partial charge in [0.1, 0.15) is 0 Å². The van der Waals surface area contributed by atoms with Crippen LogP contribution in [0.5, 0.6) is 11.5 Å². The maximum atomic E-state index is 12.5. The summed E-state index contributed by atoms with van der Waals surface area (Å²) in [7, 11) is 3.04. The van der Waals surface area contributed by atoms with Crippen LogP contribution < -0.4 is 14.8 Å². The molecule has 2 rings (SSSR count). The summed E-state index contributed by atoms with van der Waals surface area (Å²) in [6, 6.07) is 7.67. The number of hydrogen-bond acceptors (Lipinski definition) is 6. The Labute approximate surface area is 176 Å². The van der Waals surface area contributed by atoms with Gasteiger partial charge in [-0.1, -0.05) is 17.7 Å². The summed E-state index contributed by atoms with van der Waals surface area (Å²) in [5, 5.41) is 13.5. The molecule has 0 aromatic heterocycles. The SMILES string of the molecule is COc1cc(CN(C)[C@H](C)C(=O)Nc2ccc([N+](=O)[O-])cc2Cl)ccc1OC(F)F. The van der Waals surface area contributed by atoms with Crippen molar-refractivity contribution in [2.45, 2.75) is 26.1 Å². The summed E-state index contributed by atoms with van der Waals surface area (Å²) in [5.74, 6) is -0.314. The number of nitro benzene ring substituents is 1. The smallest absolute Gasteiger partial charge is 0.387 e. The largest absolute Gasteiger partial charge is 0.493 e. The first kappa shape index (κ1) is 23.3. The Kier molecular flexibility index (Phi) is 7.90. The summed E-state index contributed by atoms with van der Waals surface area (Å²) in [6.07, 6.45) is 0. The number of anilines is 1. The van der Waals surface area contributed by atoms with Gasteiger partial charge in [-0.3, -0.25) is 19.8 Å². The van der Waals surface area contributed by atoms with Crippen LogP contribution in [-0.2, 0) is 11.3 Å². The Bertz CT molecular complexity index is 929. The third-order valence-electron chi connectivity index (χ3n) is 4.34.